The van der Waals surface area contributed by atoms with Gasteiger partial charge in [0.15, 0.2) is 5.75 Å². The van der Waals surface area contributed by atoms with Crippen molar-refractivity contribution in [3.8, 4) is 23.3 Å². The Morgan fingerprint density at radius 3 is 2.38 bits per heavy atom. The van der Waals surface area contributed by atoms with Crippen molar-refractivity contribution in [2.45, 2.75) is 0 Å². The Morgan fingerprint density at radius 2 is 1.62 bits per heavy atom. The number of ether oxygens (including phenoxy) is 2. The Bertz CT molecular complexity index is 1060. The highest BCUT2D eigenvalue weighted by molar-refractivity contribution is 5.82. The van der Waals surface area contributed by atoms with Gasteiger partial charge in [0.2, 0.25) is 0 Å². The molecule has 0 fully saturated rings. The normalized spacial score (nSPS) is 10.0. The molecule has 0 radical (unpaired) electrons. The number of rotatable bonds is 5. The molecule has 0 unspecified atom stereocenters. The van der Waals surface area contributed by atoms with Gasteiger partial charge in [0.25, 0.3) is 0 Å². The first-order valence-corrected chi connectivity index (χ1v) is 7.63. The molecule has 0 saturated carbocycles. The van der Waals surface area contributed by atoms with E-state index in [9.17, 15) is 14.9 Å². The standard InChI is InChI=1S/C19H13NO6/c21-19-13-18(14-7-1-3-9-16(14)26-19)25-12-6-5-11-24-17-10-4-2-8-15(17)20(22)23/h1-4,7-10,13H,11-12H2. The number of nitro groups is 1. The third-order valence-corrected chi connectivity index (χ3v) is 3.40. The Morgan fingerprint density at radius 1 is 0.962 bits per heavy atom. The number of para-hydroxylation sites is 3. The quantitative estimate of drug-likeness (QED) is 0.303. The first-order chi connectivity index (χ1) is 12.6. The molecule has 0 aliphatic rings. The molecule has 0 spiro atoms. The lowest BCUT2D eigenvalue weighted by molar-refractivity contribution is -0.385. The maximum absolute atomic E-state index is 11.5. The van der Waals surface area contributed by atoms with E-state index in [0.717, 1.165) is 0 Å². The van der Waals surface area contributed by atoms with Crippen molar-refractivity contribution in [2.75, 3.05) is 13.2 Å². The summed E-state index contributed by atoms with van der Waals surface area (Å²) >= 11 is 0. The van der Waals surface area contributed by atoms with Crippen molar-refractivity contribution >= 4 is 16.7 Å². The first kappa shape index (κ1) is 17.0. The molecule has 7 heteroatoms. The number of nitrogens with zero attached hydrogens (tertiary/aromatic N) is 1. The maximum Gasteiger partial charge on any atom is 0.339 e. The Balaban J connectivity index is 1.61. The average Bonchev–Trinajstić information content (AvgIpc) is 2.64. The van der Waals surface area contributed by atoms with E-state index in [2.05, 4.69) is 11.8 Å². The van der Waals surface area contributed by atoms with Gasteiger partial charge in [-0.1, -0.05) is 36.1 Å². The van der Waals surface area contributed by atoms with Crippen LogP contribution in [0.4, 0.5) is 5.69 Å². The van der Waals surface area contributed by atoms with Crippen molar-refractivity contribution in [3.63, 3.8) is 0 Å². The van der Waals surface area contributed by atoms with E-state index in [1.807, 2.05) is 6.07 Å². The number of hydrogen-bond donors (Lipinski definition) is 0. The minimum Gasteiger partial charge on any atom is -0.480 e. The second-order valence-corrected chi connectivity index (χ2v) is 5.08. The fourth-order valence-corrected chi connectivity index (χ4v) is 2.26. The van der Waals surface area contributed by atoms with E-state index in [-0.39, 0.29) is 24.7 Å². The van der Waals surface area contributed by atoms with Crippen LogP contribution in [0.3, 0.4) is 0 Å². The molecule has 26 heavy (non-hydrogen) atoms. The summed E-state index contributed by atoms with van der Waals surface area (Å²) in [6.07, 6.45) is 0. The molecule has 2 aromatic carbocycles. The molecule has 0 amide bonds. The van der Waals surface area contributed by atoms with E-state index in [1.54, 1.807) is 30.3 Å². The molecule has 3 rings (SSSR count). The lowest BCUT2D eigenvalue weighted by atomic mass is 10.2. The summed E-state index contributed by atoms with van der Waals surface area (Å²) in [6.45, 7) is 0.0135. The third-order valence-electron chi connectivity index (χ3n) is 3.40. The lowest BCUT2D eigenvalue weighted by Crippen LogP contribution is -2.02. The molecule has 1 heterocycles. The maximum atomic E-state index is 11.5. The number of benzene rings is 2. The van der Waals surface area contributed by atoms with Gasteiger partial charge in [-0.3, -0.25) is 10.1 Å². The molecular weight excluding hydrogens is 338 g/mol. The average molecular weight is 351 g/mol. The molecule has 3 aromatic rings. The van der Waals surface area contributed by atoms with Gasteiger partial charge >= 0.3 is 11.3 Å². The van der Waals surface area contributed by atoms with Crippen LogP contribution in [0.5, 0.6) is 11.5 Å². The van der Waals surface area contributed by atoms with Crippen molar-refractivity contribution in [3.05, 3.63) is 75.1 Å². The van der Waals surface area contributed by atoms with Gasteiger partial charge in [-0.2, -0.15) is 0 Å². The van der Waals surface area contributed by atoms with Crippen LogP contribution in [0.1, 0.15) is 0 Å². The van der Waals surface area contributed by atoms with Crippen molar-refractivity contribution < 1.29 is 18.8 Å². The molecule has 0 aliphatic heterocycles. The van der Waals surface area contributed by atoms with Crippen LogP contribution in [0.2, 0.25) is 0 Å². The molecule has 0 aliphatic carbocycles. The molecule has 7 nitrogen and oxygen atoms in total. The van der Waals surface area contributed by atoms with Crippen LogP contribution in [-0.4, -0.2) is 18.1 Å². The van der Waals surface area contributed by atoms with Gasteiger partial charge in [0, 0.05) is 6.07 Å². The van der Waals surface area contributed by atoms with E-state index in [4.69, 9.17) is 13.9 Å². The van der Waals surface area contributed by atoms with Crippen LogP contribution in [0, 0.1) is 22.0 Å². The van der Waals surface area contributed by atoms with Crippen LogP contribution >= 0.6 is 0 Å². The van der Waals surface area contributed by atoms with Crippen molar-refractivity contribution in [1.29, 1.82) is 0 Å². The van der Waals surface area contributed by atoms with E-state index >= 15 is 0 Å². The Hall–Kier alpha value is -3.79. The zero-order chi connectivity index (χ0) is 18.4. The molecular formula is C19H13NO6. The summed E-state index contributed by atoms with van der Waals surface area (Å²) in [5.74, 6) is 5.98. The van der Waals surface area contributed by atoms with Gasteiger partial charge in [-0.05, 0) is 18.2 Å². The second-order valence-electron chi connectivity index (χ2n) is 5.08. The summed E-state index contributed by atoms with van der Waals surface area (Å²) in [5.41, 5.74) is -0.193. The number of nitro benzene ring substituents is 1. The van der Waals surface area contributed by atoms with Crippen LogP contribution < -0.4 is 15.1 Å². The SMILES string of the molecule is O=c1cc(OCC#CCOc2ccccc2[N+](=O)[O-])c2ccccc2o1. The number of hydrogen-bond acceptors (Lipinski definition) is 6. The Kier molecular flexibility index (Phi) is 5.15. The molecule has 0 atom stereocenters. The largest absolute Gasteiger partial charge is 0.480 e. The van der Waals surface area contributed by atoms with Gasteiger partial charge in [0.05, 0.1) is 16.4 Å². The van der Waals surface area contributed by atoms with Gasteiger partial charge in [-0.15, -0.1) is 0 Å². The fourth-order valence-electron chi connectivity index (χ4n) is 2.26. The zero-order valence-corrected chi connectivity index (χ0v) is 13.5. The van der Waals surface area contributed by atoms with Crippen LogP contribution in [-0.2, 0) is 0 Å². The van der Waals surface area contributed by atoms with Gasteiger partial charge in [-0.25, -0.2) is 4.79 Å². The van der Waals surface area contributed by atoms with Gasteiger partial charge < -0.3 is 13.9 Å². The predicted octanol–water partition coefficient (Wildman–Crippen LogP) is 3.16. The van der Waals surface area contributed by atoms with E-state index in [1.165, 1.54) is 18.2 Å². The third kappa shape index (κ3) is 3.99. The van der Waals surface area contributed by atoms with Crippen LogP contribution in [0.25, 0.3) is 11.0 Å². The highest BCUT2D eigenvalue weighted by atomic mass is 16.6. The first-order valence-electron chi connectivity index (χ1n) is 7.63. The monoisotopic (exact) mass is 351 g/mol. The summed E-state index contributed by atoms with van der Waals surface area (Å²) < 4.78 is 15.9. The molecule has 0 bridgehead atoms. The molecule has 1 aromatic heterocycles. The number of fused-ring (bicyclic) bond motifs is 1. The van der Waals surface area contributed by atoms with Crippen molar-refractivity contribution in [1.82, 2.24) is 0 Å². The molecule has 130 valence electrons. The van der Waals surface area contributed by atoms with Gasteiger partial charge in [0.1, 0.15) is 24.5 Å². The van der Waals surface area contributed by atoms with E-state index < -0.39 is 10.5 Å². The highest BCUT2D eigenvalue weighted by Crippen LogP contribution is 2.25. The smallest absolute Gasteiger partial charge is 0.339 e. The van der Waals surface area contributed by atoms with Crippen LogP contribution in [0.15, 0.2) is 63.8 Å². The summed E-state index contributed by atoms with van der Waals surface area (Å²) in [5, 5.41) is 11.6. The highest BCUT2D eigenvalue weighted by Gasteiger charge is 2.12. The Labute approximate surface area is 147 Å². The fraction of sp³-hybridized carbons (Fsp3) is 0.105. The topological polar surface area (TPSA) is 91.8 Å². The molecule has 0 saturated heterocycles. The van der Waals surface area contributed by atoms with Crippen molar-refractivity contribution in [2.24, 2.45) is 0 Å². The lowest BCUT2D eigenvalue weighted by Gasteiger charge is -2.05. The predicted molar refractivity (Wildman–Crippen MR) is 94.3 cm³/mol. The minimum atomic E-state index is -0.516. The zero-order valence-electron chi connectivity index (χ0n) is 13.5. The molecule has 0 N–H and O–H groups in total. The summed E-state index contributed by atoms with van der Waals surface area (Å²) in [4.78, 5) is 21.9. The summed E-state index contributed by atoms with van der Waals surface area (Å²) in [7, 11) is 0. The summed E-state index contributed by atoms with van der Waals surface area (Å²) in [6, 6.07) is 14.3. The minimum absolute atomic E-state index is 0.0219. The van der Waals surface area contributed by atoms with E-state index in [0.29, 0.717) is 16.7 Å². The second kappa shape index (κ2) is 7.85.